The van der Waals surface area contributed by atoms with E-state index >= 15 is 0 Å². The lowest BCUT2D eigenvalue weighted by Gasteiger charge is -2.38. The molecule has 0 radical (unpaired) electrons. The van der Waals surface area contributed by atoms with Crippen LogP contribution >= 0.6 is 23.4 Å². The highest BCUT2D eigenvalue weighted by Crippen LogP contribution is 2.50. The fraction of sp³-hybridized carbons (Fsp3) is 0.321. The number of thioether (sulfide) groups is 1. The molecule has 2 heterocycles. The van der Waals surface area contributed by atoms with Crippen molar-refractivity contribution >= 4 is 35.0 Å². The number of nitrogens with one attached hydrogen (secondary N) is 2. The maximum Gasteiger partial charge on any atom is 0.257 e. The van der Waals surface area contributed by atoms with E-state index in [9.17, 15) is 14.0 Å². The van der Waals surface area contributed by atoms with E-state index in [0.29, 0.717) is 62.8 Å². The number of aromatic amines is 1. The molecule has 0 bridgehead atoms. The second-order valence-corrected chi connectivity index (χ2v) is 11.5. The Labute approximate surface area is 228 Å². The molecule has 1 aliphatic carbocycles. The average Bonchev–Trinajstić information content (AvgIpc) is 2.85. The minimum atomic E-state index is -0.684. The second kappa shape index (κ2) is 10.1. The van der Waals surface area contributed by atoms with E-state index in [4.69, 9.17) is 26.1 Å². The Balaban J connectivity index is 1.63. The maximum absolute atomic E-state index is 13.6. The zero-order valence-electron chi connectivity index (χ0n) is 21.4. The summed E-state index contributed by atoms with van der Waals surface area (Å²) in [5.41, 5.74) is 2.40. The van der Waals surface area contributed by atoms with Crippen LogP contribution in [-0.4, -0.2) is 30.0 Å². The second-order valence-electron chi connectivity index (χ2n) is 10.1. The molecular formula is C28H27ClFN3O4S. The van der Waals surface area contributed by atoms with Crippen LogP contribution in [0.2, 0.25) is 5.02 Å². The van der Waals surface area contributed by atoms with Gasteiger partial charge in [-0.05, 0) is 35.6 Å². The number of H-pyrrole nitrogens is 1. The summed E-state index contributed by atoms with van der Waals surface area (Å²) in [7, 11) is 3.08. The zero-order valence-corrected chi connectivity index (χ0v) is 23.0. The van der Waals surface area contributed by atoms with E-state index in [0.717, 1.165) is 11.3 Å². The van der Waals surface area contributed by atoms with Gasteiger partial charge in [0.25, 0.3) is 5.56 Å². The van der Waals surface area contributed by atoms with Gasteiger partial charge in [0.2, 0.25) is 0 Å². The Morgan fingerprint density at radius 2 is 1.95 bits per heavy atom. The molecule has 1 aromatic heterocycles. The van der Waals surface area contributed by atoms with Crippen molar-refractivity contribution in [2.24, 2.45) is 5.41 Å². The highest BCUT2D eigenvalue weighted by molar-refractivity contribution is 7.98. The Hall–Kier alpha value is -3.30. The minimum Gasteiger partial charge on any atom is -0.493 e. The number of halogens is 2. The molecule has 2 aromatic carbocycles. The quantitative estimate of drug-likeness (QED) is 0.281. The first-order valence-electron chi connectivity index (χ1n) is 12.1. The number of allylic oxidation sites excluding steroid dienone is 2. The van der Waals surface area contributed by atoms with E-state index in [1.165, 1.54) is 31.0 Å². The van der Waals surface area contributed by atoms with Crippen molar-refractivity contribution in [3.05, 3.63) is 85.6 Å². The van der Waals surface area contributed by atoms with Gasteiger partial charge in [-0.25, -0.2) is 9.37 Å². The minimum absolute atomic E-state index is 0.0203. The third-order valence-corrected chi connectivity index (χ3v) is 8.10. The standard InChI is InChI=1S/C28H27ClFN3O4S/c1-28(2)11-18-22(19(34)12-28)21(16-6-5-7-20(36-3)24(16)37-4)23-25(31-18)32-27(33-26(23)35)38-13-14-8-9-15(30)10-17(14)29/h5-10,21H,11-13H2,1-4H3,(H2,31,32,33,35). The first kappa shape index (κ1) is 26.3. The number of ketones is 1. The maximum atomic E-state index is 13.6. The number of methoxy groups -OCH3 is 2. The summed E-state index contributed by atoms with van der Waals surface area (Å²) >= 11 is 7.46. The van der Waals surface area contributed by atoms with Crippen molar-refractivity contribution in [3.63, 3.8) is 0 Å². The SMILES string of the molecule is COc1cccc(C2C3=C(CC(C)(C)CC3=O)Nc3nc(SCc4ccc(F)cc4Cl)[nH]c(=O)c32)c1OC. The van der Waals surface area contributed by atoms with E-state index in [-0.39, 0.29) is 16.8 Å². The molecule has 38 heavy (non-hydrogen) atoms. The number of ether oxygens (including phenoxy) is 2. The molecule has 10 heteroatoms. The van der Waals surface area contributed by atoms with Gasteiger partial charge in [0.15, 0.2) is 22.4 Å². The van der Waals surface area contributed by atoms with Crippen LogP contribution in [0.1, 0.15) is 49.3 Å². The number of anilines is 1. The van der Waals surface area contributed by atoms with Gasteiger partial charge in [-0.15, -0.1) is 0 Å². The number of Topliss-reactive ketones (excluding diaryl/α,β-unsaturated/α-hetero) is 1. The molecule has 198 valence electrons. The topological polar surface area (TPSA) is 93.3 Å². The third kappa shape index (κ3) is 4.80. The molecule has 3 aromatic rings. The highest BCUT2D eigenvalue weighted by atomic mass is 35.5. The lowest BCUT2D eigenvalue weighted by molar-refractivity contribution is -0.118. The predicted molar refractivity (Wildman–Crippen MR) is 146 cm³/mol. The lowest BCUT2D eigenvalue weighted by Crippen LogP contribution is -2.37. The molecule has 0 spiro atoms. The number of carbonyl (C=O) groups is 1. The van der Waals surface area contributed by atoms with E-state index in [1.807, 2.05) is 26.0 Å². The Morgan fingerprint density at radius 3 is 2.66 bits per heavy atom. The van der Waals surface area contributed by atoms with Gasteiger partial charge in [0.05, 0.1) is 25.7 Å². The summed E-state index contributed by atoms with van der Waals surface area (Å²) in [6.07, 6.45) is 0.988. The Morgan fingerprint density at radius 1 is 1.16 bits per heavy atom. The van der Waals surface area contributed by atoms with Crippen molar-refractivity contribution in [1.82, 2.24) is 9.97 Å². The van der Waals surface area contributed by atoms with Gasteiger partial charge in [0, 0.05) is 34.0 Å². The molecular weight excluding hydrogens is 529 g/mol. The average molecular weight is 556 g/mol. The fourth-order valence-corrected chi connectivity index (χ4v) is 6.37. The monoisotopic (exact) mass is 555 g/mol. The molecule has 5 rings (SSSR count). The summed E-state index contributed by atoms with van der Waals surface area (Å²) in [5.74, 6) is 0.615. The fourth-order valence-electron chi connectivity index (χ4n) is 5.20. The number of nitrogens with zero attached hydrogens (tertiary/aromatic N) is 1. The van der Waals surface area contributed by atoms with Gasteiger partial charge in [-0.1, -0.05) is 55.4 Å². The van der Waals surface area contributed by atoms with Gasteiger partial charge in [0.1, 0.15) is 11.6 Å². The van der Waals surface area contributed by atoms with E-state index in [2.05, 4.69) is 10.3 Å². The molecule has 2 N–H and O–H groups in total. The van der Waals surface area contributed by atoms with Crippen LogP contribution in [0.4, 0.5) is 10.2 Å². The molecule has 1 atom stereocenters. The van der Waals surface area contributed by atoms with Crippen molar-refractivity contribution < 1.29 is 18.7 Å². The van der Waals surface area contributed by atoms with Gasteiger partial charge >= 0.3 is 0 Å². The molecule has 0 fully saturated rings. The molecule has 1 aliphatic heterocycles. The van der Waals surface area contributed by atoms with Crippen molar-refractivity contribution in [2.45, 2.75) is 43.5 Å². The van der Waals surface area contributed by atoms with Crippen molar-refractivity contribution in [3.8, 4) is 11.5 Å². The summed E-state index contributed by atoms with van der Waals surface area (Å²) in [5, 5.41) is 4.00. The number of rotatable bonds is 6. The normalized spacial score (nSPS) is 17.9. The molecule has 0 saturated heterocycles. The first-order valence-corrected chi connectivity index (χ1v) is 13.4. The van der Waals surface area contributed by atoms with Crippen molar-refractivity contribution in [2.75, 3.05) is 19.5 Å². The predicted octanol–water partition coefficient (Wildman–Crippen LogP) is 6.07. The summed E-state index contributed by atoms with van der Waals surface area (Å²) < 4.78 is 24.7. The van der Waals surface area contributed by atoms with Crippen LogP contribution in [0.15, 0.2) is 57.6 Å². The first-order chi connectivity index (χ1) is 18.1. The smallest absolute Gasteiger partial charge is 0.257 e. The number of hydrogen-bond donors (Lipinski definition) is 2. The van der Waals surface area contributed by atoms with Crippen LogP contribution in [0.3, 0.4) is 0 Å². The number of benzene rings is 2. The number of carbonyl (C=O) groups excluding carboxylic acids is 1. The molecule has 2 aliphatic rings. The van der Waals surface area contributed by atoms with Gasteiger partial charge in [-0.2, -0.15) is 0 Å². The molecule has 0 amide bonds. The lowest BCUT2D eigenvalue weighted by atomic mass is 9.69. The van der Waals surface area contributed by atoms with Crippen LogP contribution in [-0.2, 0) is 10.5 Å². The van der Waals surface area contributed by atoms with Gasteiger partial charge < -0.3 is 19.8 Å². The molecule has 0 saturated carbocycles. The molecule has 1 unspecified atom stereocenters. The third-order valence-electron chi connectivity index (χ3n) is 6.82. The van der Waals surface area contributed by atoms with Crippen LogP contribution in [0.5, 0.6) is 11.5 Å². The largest absolute Gasteiger partial charge is 0.493 e. The van der Waals surface area contributed by atoms with Gasteiger partial charge in [-0.3, -0.25) is 9.59 Å². The summed E-state index contributed by atoms with van der Waals surface area (Å²) in [6, 6.07) is 9.63. The number of para-hydroxylation sites is 1. The summed E-state index contributed by atoms with van der Waals surface area (Å²) in [4.78, 5) is 34.8. The summed E-state index contributed by atoms with van der Waals surface area (Å²) in [6.45, 7) is 4.10. The molecule has 7 nitrogen and oxygen atoms in total. The van der Waals surface area contributed by atoms with E-state index in [1.54, 1.807) is 19.2 Å². The van der Waals surface area contributed by atoms with Crippen LogP contribution < -0.4 is 20.3 Å². The number of aromatic nitrogens is 2. The zero-order chi connectivity index (χ0) is 27.2. The van der Waals surface area contributed by atoms with Crippen LogP contribution in [0.25, 0.3) is 0 Å². The van der Waals surface area contributed by atoms with Crippen LogP contribution in [0, 0.1) is 11.2 Å². The Kier molecular flexibility index (Phi) is 7.00. The van der Waals surface area contributed by atoms with Crippen molar-refractivity contribution in [1.29, 1.82) is 0 Å². The Bertz CT molecular complexity index is 1530. The highest BCUT2D eigenvalue weighted by Gasteiger charge is 2.43. The van der Waals surface area contributed by atoms with E-state index < -0.39 is 11.7 Å². The number of fused-ring (bicyclic) bond motifs is 1. The number of hydrogen-bond acceptors (Lipinski definition) is 7.